The number of hydrogen-bond acceptors (Lipinski definition) is 3. The molecule has 1 heterocycles. The van der Waals surface area contributed by atoms with Gasteiger partial charge >= 0.3 is 0 Å². The number of rotatable bonds is 3. The first-order chi connectivity index (χ1) is 10.2. The van der Waals surface area contributed by atoms with Gasteiger partial charge in [0.2, 0.25) is 0 Å². The normalized spacial score (nSPS) is 10.6. The Bertz CT molecular complexity index is 797. The topological polar surface area (TPSA) is 47.8 Å². The van der Waals surface area contributed by atoms with E-state index in [9.17, 15) is 4.79 Å². The van der Waals surface area contributed by atoms with Gasteiger partial charge in [-0.15, -0.1) is 5.10 Å². The lowest BCUT2D eigenvalue weighted by Crippen LogP contribution is -2.02. The number of benzene rings is 2. The molecule has 0 unspecified atom stereocenters. The Morgan fingerprint density at radius 1 is 1.10 bits per heavy atom. The fourth-order valence-electron chi connectivity index (χ4n) is 2.23. The van der Waals surface area contributed by atoms with Gasteiger partial charge in [-0.05, 0) is 24.6 Å². The van der Waals surface area contributed by atoms with Crippen molar-refractivity contribution in [2.45, 2.75) is 6.92 Å². The monoisotopic (exact) mass is 297 g/mol. The minimum Gasteiger partial charge on any atom is -0.296 e. The second-order valence-electron chi connectivity index (χ2n) is 4.60. The van der Waals surface area contributed by atoms with Crippen LogP contribution in [0.15, 0.2) is 48.5 Å². The van der Waals surface area contributed by atoms with Crippen molar-refractivity contribution >= 4 is 17.9 Å². The van der Waals surface area contributed by atoms with E-state index < -0.39 is 0 Å². The lowest BCUT2D eigenvalue weighted by atomic mass is 10.1. The number of hydrogen-bond donors (Lipinski definition) is 0. The fraction of sp³-hybridized carbons (Fsp3) is 0.0625. The van der Waals surface area contributed by atoms with E-state index in [0.717, 1.165) is 16.8 Å². The Morgan fingerprint density at radius 2 is 1.86 bits per heavy atom. The highest BCUT2D eigenvalue weighted by molar-refractivity contribution is 6.31. The first-order valence-corrected chi connectivity index (χ1v) is 6.82. The molecule has 0 aliphatic carbocycles. The number of aldehydes is 1. The van der Waals surface area contributed by atoms with Crippen LogP contribution in [0.4, 0.5) is 0 Å². The van der Waals surface area contributed by atoms with Crippen LogP contribution in [0.5, 0.6) is 0 Å². The molecule has 2 aromatic carbocycles. The summed E-state index contributed by atoms with van der Waals surface area (Å²) < 4.78 is 1.65. The molecule has 0 radical (unpaired) electrons. The summed E-state index contributed by atoms with van der Waals surface area (Å²) in [4.78, 5) is 11.3. The third kappa shape index (κ3) is 2.34. The summed E-state index contributed by atoms with van der Waals surface area (Å²) in [6.45, 7) is 1.91. The van der Waals surface area contributed by atoms with Crippen molar-refractivity contribution in [1.29, 1.82) is 0 Å². The third-order valence-electron chi connectivity index (χ3n) is 3.32. The molecule has 3 rings (SSSR count). The summed E-state index contributed by atoms with van der Waals surface area (Å²) in [5.74, 6) is 0. The molecule has 104 valence electrons. The van der Waals surface area contributed by atoms with Gasteiger partial charge in [0.25, 0.3) is 0 Å². The van der Waals surface area contributed by atoms with Crippen molar-refractivity contribution in [3.05, 3.63) is 64.8 Å². The molecular weight excluding hydrogens is 286 g/mol. The van der Waals surface area contributed by atoms with E-state index in [1.54, 1.807) is 4.68 Å². The van der Waals surface area contributed by atoms with Crippen molar-refractivity contribution < 1.29 is 4.79 Å². The maximum absolute atomic E-state index is 11.3. The van der Waals surface area contributed by atoms with E-state index in [2.05, 4.69) is 10.3 Å². The average molecular weight is 298 g/mol. The predicted molar refractivity (Wildman–Crippen MR) is 81.9 cm³/mol. The summed E-state index contributed by atoms with van der Waals surface area (Å²) >= 11 is 6.17. The zero-order valence-corrected chi connectivity index (χ0v) is 12.1. The van der Waals surface area contributed by atoms with E-state index in [-0.39, 0.29) is 0 Å². The molecule has 0 spiro atoms. The lowest BCUT2D eigenvalue weighted by molar-refractivity contribution is 0.111. The Labute approximate surface area is 127 Å². The van der Waals surface area contributed by atoms with Crippen LogP contribution in [-0.2, 0) is 0 Å². The SMILES string of the molecule is Cc1c(Cl)cccc1-n1nnc(C=O)c1-c1ccccc1. The van der Waals surface area contributed by atoms with Gasteiger partial charge in [-0.2, -0.15) is 0 Å². The second-order valence-corrected chi connectivity index (χ2v) is 5.01. The number of carbonyl (C=O) groups is 1. The summed E-state index contributed by atoms with van der Waals surface area (Å²) in [5.41, 5.74) is 3.54. The minimum atomic E-state index is 0.306. The Hall–Kier alpha value is -2.46. The zero-order valence-electron chi connectivity index (χ0n) is 11.3. The van der Waals surface area contributed by atoms with Crippen LogP contribution >= 0.6 is 11.6 Å². The van der Waals surface area contributed by atoms with E-state index in [0.29, 0.717) is 22.7 Å². The highest BCUT2D eigenvalue weighted by Gasteiger charge is 2.17. The van der Waals surface area contributed by atoms with Crippen LogP contribution in [0.2, 0.25) is 5.02 Å². The second kappa shape index (κ2) is 5.50. The zero-order chi connectivity index (χ0) is 14.8. The molecule has 21 heavy (non-hydrogen) atoms. The molecule has 0 aliphatic rings. The highest BCUT2D eigenvalue weighted by atomic mass is 35.5. The van der Waals surface area contributed by atoms with Crippen molar-refractivity contribution in [2.75, 3.05) is 0 Å². The van der Waals surface area contributed by atoms with Crippen LogP contribution in [0, 0.1) is 6.92 Å². The Morgan fingerprint density at radius 3 is 2.57 bits per heavy atom. The van der Waals surface area contributed by atoms with Crippen molar-refractivity contribution in [3.8, 4) is 16.9 Å². The van der Waals surface area contributed by atoms with Gasteiger partial charge in [-0.25, -0.2) is 4.68 Å². The van der Waals surface area contributed by atoms with Gasteiger partial charge in [-0.1, -0.05) is 53.2 Å². The summed E-state index contributed by atoms with van der Waals surface area (Å²) in [7, 11) is 0. The number of carbonyl (C=O) groups excluding carboxylic acids is 1. The van der Waals surface area contributed by atoms with Gasteiger partial charge in [0.15, 0.2) is 12.0 Å². The number of aromatic nitrogens is 3. The fourth-order valence-corrected chi connectivity index (χ4v) is 2.40. The quantitative estimate of drug-likeness (QED) is 0.692. The number of nitrogens with zero attached hydrogens (tertiary/aromatic N) is 3. The minimum absolute atomic E-state index is 0.306. The largest absolute Gasteiger partial charge is 0.296 e. The molecule has 0 amide bonds. The van der Waals surface area contributed by atoms with E-state index in [1.165, 1.54) is 0 Å². The predicted octanol–water partition coefficient (Wildman–Crippen LogP) is 3.71. The molecule has 3 aromatic rings. The molecule has 0 bridgehead atoms. The van der Waals surface area contributed by atoms with Gasteiger partial charge < -0.3 is 0 Å². The van der Waals surface area contributed by atoms with E-state index >= 15 is 0 Å². The molecular formula is C16H12ClN3O. The van der Waals surface area contributed by atoms with Crippen LogP contribution in [0.25, 0.3) is 16.9 Å². The van der Waals surface area contributed by atoms with E-state index in [1.807, 2.05) is 55.5 Å². The number of halogens is 1. The maximum Gasteiger partial charge on any atom is 0.172 e. The third-order valence-corrected chi connectivity index (χ3v) is 3.73. The average Bonchev–Trinajstić information content (AvgIpc) is 2.94. The summed E-state index contributed by atoms with van der Waals surface area (Å²) in [6.07, 6.45) is 0.714. The van der Waals surface area contributed by atoms with Crippen molar-refractivity contribution in [2.24, 2.45) is 0 Å². The summed E-state index contributed by atoms with van der Waals surface area (Å²) in [5, 5.41) is 8.72. The summed E-state index contributed by atoms with van der Waals surface area (Å²) in [6, 6.07) is 15.1. The van der Waals surface area contributed by atoms with Crippen LogP contribution in [-0.4, -0.2) is 21.3 Å². The lowest BCUT2D eigenvalue weighted by Gasteiger charge is -2.10. The Kier molecular flexibility index (Phi) is 3.54. The first kappa shape index (κ1) is 13.5. The Balaban J connectivity index is 2.28. The standard InChI is InChI=1S/C16H12ClN3O/c1-11-13(17)8-5-9-15(11)20-16(14(10-21)18-19-20)12-6-3-2-4-7-12/h2-10H,1H3. The highest BCUT2D eigenvalue weighted by Crippen LogP contribution is 2.28. The van der Waals surface area contributed by atoms with Crippen molar-refractivity contribution in [1.82, 2.24) is 15.0 Å². The maximum atomic E-state index is 11.3. The molecule has 0 atom stereocenters. The molecule has 0 N–H and O–H groups in total. The molecule has 4 nitrogen and oxygen atoms in total. The molecule has 0 aliphatic heterocycles. The van der Waals surface area contributed by atoms with Crippen LogP contribution in [0.3, 0.4) is 0 Å². The van der Waals surface area contributed by atoms with Gasteiger partial charge in [0, 0.05) is 10.6 Å². The van der Waals surface area contributed by atoms with Crippen molar-refractivity contribution in [3.63, 3.8) is 0 Å². The molecule has 0 saturated carbocycles. The molecule has 0 fully saturated rings. The molecule has 0 saturated heterocycles. The van der Waals surface area contributed by atoms with Crippen LogP contribution < -0.4 is 0 Å². The van der Waals surface area contributed by atoms with Gasteiger partial charge in [-0.3, -0.25) is 4.79 Å². The smallest absolute Gasteiger partial charge is 0.172 e. The van der Waals surface area contributed by atoms with Gasteiger partial charge in [0.1, 0.15) is 5.69 Å². The molecule has 5 heteroatoms. The first-order valence-electron chi connectivity index (χ1n) is 6.44. The molecule has 1 aromatic heterocycles. The van der Waals surface area contributed by atoms with Gasteiger partial charge in [0.05, 0.1) is 5.69 Å². The van der Waals surface area contributed by atoms with Crippen LogP contribution in [0.1, 0.15) is 16.1 Å². The van der Waals surface area contributed by atoms with E-state index in [4.69, 9.17) is 11.6 Å².